The van der Waals surface area contributed by atoms with Gasteiger partial charge in [0.05, 0.1) is 22.1 Å². The van der Waals surface area contributed by atoms with Crippen LogP contribution in [0.5, 0.6) is 0 Å². The molecule has 0 aliphatic rings. The zero-order valence-corrected chi connectivity index (χ0v) is 22.9. The summed E-state index contributed by atoms with van der Waals surface area (Å²) in [6.07, 6.45) is -0.443. The van der Waals surface area contributed by atoms with Crippen LogP contribution in [0.15, 0.2) is 33.2 Å². The molecule has 0 atom stereocenters. The third-order valence-electron chi connectivity index (χ3n) is 4.69. The zero-order chi connectivity index (χ0) is 24.5. The van der Waals surface area contributed by atoms with Crippen LogP contribution in [-0.2, 0) is 4.74 Å². The molecule has 4 rings (SSSR count). The Labute approximate surface area is 209 Å². The smallest absolute Gasteiger partial charge is 0.421 e. The number of aromatic nitrogens is 4. The van der Waals surface area contributed by atoms with Crippen LogP contribution < -0.4 is 10.6 Å². The minimum absolute atomic E-state index is 0.443. The number of anilines is 2. The number of imidazole rings is 2. The van der Waals surface area contributed by atoms with E-state index in [0.29, 0.717) is 5.95 Å². The number of carbonyl (C=O) groups is 1. The highest BCUT2D eigenvalue weighted by Crippen LogP contribution is 2.27. The van der Waals surface area contributed by atoms with E-state index >= 15 is 0 Å². The van der Waals surface area contributed by atoms with Gasteiger partial charge in [-0.1, -0.05) is 31.9 Å². The van der Waals surface area contributed by atoms with Crippen molar-refractivity contribution in [1.82, 2.24) is 19.5 Å². The number of aromatic amines is 1. The maximum Gasteiger partial charge on any atom is 0.421 e. The summed E-state index contributed by atoms with van der Waals surface area (Å²) in [6, 6.07) is 7.91. The van der Waals surface area contributed by atoms with Crippen molar-refractivity contribution < 1.29 is 9.53 Å². The van der Waals surface area contributed by atoms with Crippen LogP contribution in [0.1, 0.15) is 31.9 Å². The molecule has 0 aliphatic carbocycles. The molecule has 0 aliphatic heterocycles. The van der Waals surface area contributed by atoms with Crippen LogP contribution >= 0.6 is 31.9 Å². The van der Waals surface area contributed by atoms with Crippen molar-refractivity contribution in [2.24, 2.45) is 0 Å². The van der Waals surface area contributed by atoms with Gasteiger partial charge in [0.25, 0.3) is 0 Å². The summed E-state index contributed by atoms with van der Waals surface area (Å²) in [7, 11) is 3.58. The van der Waals surface area contributed by atoms with Crippen molar-refractivity contribution in [3.63, 3.8) is 0 Å². The molecule has 0 unspecified atom stereocenters. The first-order chi connectivity index (χ1) is 15.4. The molecular weight excluding hydrogens is 552 g/mol. The van der Waals surface area contributed by atoms with Crippen LogP contribution in [0.4, 0.5) is 16.7 Å². The van der Waals surface area contributed by atoms with Gasteiger partial charge in [0, 0.05) is 23.0 Å². The lowest BCUT2D eigenvalue weighted by Crippen LogP contribution is -2.27. The van der Waals surface area contributed by atoms with Crippen molar-refractivity contribution >= 4 is 71.9 Å². The molecule has 3 N–H and O–H groups in total. The molecular formula is C23H28Br2N6O2. The summed E-state index contributed by atoms with van der Waals surface area (Å²) in [5.41, 5.74) is 5.18. The van der Waals surface area contributed by atoms with E-state index in [4.69, 9.17) is 4.74 Å². The van der Waals surface area contributed by atoms with Crippen molar-refractivity contribution in [2.45, 2.75) is 40.2 Å². The summed E-state index contributed by atoms with van der Waals surface area (Å²) in [6.45, 7) is 9.52. The van der Waals surface area contributed by atoms with Crippen molar-refractivity contribution in [3.8, 4) is 0 Å². The second-order valence-corrected chi connectivity index (χ2v) is 10.4. The van der Waals surface area contributed by atoms with Crippen molar-refractivity contribution in [2.75, 3.05) is 24.7 Å². The number of fused-ring (bicyclic) bond motifs is 2. The first-order valence-electron chi connectivity index (χ1n) is 10.4. The monoisotopic (exact) mass is 578 g/mol. The van der Waals surface area contributed by atoms with Gasteiger partial charge in [-0.25, -0.2) is 19.3 Å². The highest BCUT2D eigenvalue weighted by molar-refractivity contribution is 9.10. The number of carbonyl (C=O) groups excluding carboxylic acids is 1. The molecule has 2 aromatic heterocycles. The Bertz CT molecular complexity index is 1320. The van der Waals surface area contributed by atoms with Gasteiger partial charge in [-0.05, 0) is 70.0 Å². The van der Waals surface area contributed by atoms with Crippen molar-refractivity contribution in [3.05, 3.63) is 44.3 Å². The molecule has 10 heteroatoms. The number of nitrogens with zero attached hydrogens (tertiary/aromatic N) is 3. The van der Waals surface area contributed by atoms with Crippen LogP contribution in [0.3, 0.4) is 0 Å². The predicted octanol–water partition coefficient (Wildman–Crippen LogP) is 6.61. The molecule has 2 aromatic carbocycles. The highest BCUT2D eigenvalue weighted by Gasteiger charge is 2.23. The maximum atomic E-state index is 12.4. The predicted molar refractivity (Wildman–Crippen MR) is 141 cm³/mol. The van der Waals surface area contributed by atoms with Gasteiger partial charge < -0.3 is 20.4 Å². The molecule has 0 saturated carbocycles. The SMILES string of the molecule is CNc1nc2c(C)cc(Br)cc2[nH]1.CNc1nc2c(C)cc(Br)cc2n1C(=O)OC(C)(C)C. The largest absolute Gasteiger partial charge is 0.443 e. The number of H-pyrrole nitrogens is 1. The van der Waals surface area contributed by atoms with E-state index in [0.717, 1.165) is 42.5 Å². The summed E-state index contributed by atoms with van der Waals surface area (Å²) in [5.74, 6) is 1.27. The molecule has 2 heterocycles. The van der Waals surface area contributed by atoms with E-state index < -0.39 is 11.7 Å². The third-order valence-corrected chi connectivity index (χ3v) is 5.61. The lowest BCUT2D eigenvalue weighted by Gasteiger charge is -2.20. The Kier molecular flexibility index (Phi) is 7.38. The zero-order valence-electron chi connectivity index (χ0n) is 19.7. The molecule has 33 heavy (non-hydrogen) atoms. The van der Waals surface area contributed by atoms with Gasteiger partial charge in [-0.3, -0.25) is 0 Å². The van der Waals surface area contributed by atoms with Gasteiger partial charge in [-0.15, -0.1) is 0 Å². The van der Waals surface area contributed by atoms with Crippen LogP contribution in [-0.4, -0.2) is 45.3 Å². The summed E-state index contributed by atoms with van der Waals surface area (Å²) in [4.78, 5) is 24.4. The first kappa shape index (κ1) is 25.0. The Balaban J connectivity index is 0.000000203. The third kappa shape index (κ3) is 5.67. The number of halogens is 2. The lowest BCUT2D eigenvalue weighted by atomic mass is 10.2. The lowest BCUT2D eigenvalue weighted by molar-refractivity contribution is 0.0547. The summed E-state index contributed by atoms with van der Waals surface area (Å²) >= 11 is 6.89. The van der Waals surface area contributed by atoms with Gasteiger partial charge in [0.2, 0.25) is 11.9 Å². The van der Waals surface area contributed by atoms with E-state index in [1.807, 2.05) is 59.9 Å². The van der Waals surface area contributed by atoms with E-state index in [1.165, 1.54) is 10.1 Å². The molecule has 0 bridgehead atoms. The molecule has 0 radical (unpaired) electrons. The Morgan fingerprint density at radius 1 is 0.970 bits per heavy atom. The van der Waals surface area contributed by atoms with Crippen LogP contribution in [0.25, 0.3) is 22.1 Å². The number of hydrogen-bond acceptors (Lipinski definition) is 6. The molecule has 0 amide bonds. The fourth-order valence-corrected chi connectivity index (χ4v) is 4.46. The molecule has 0 saturated heterocycles. The van der Waals surface area contributed by atoms with Gasteiger partial charge in [0.15, 0.2) is 0 Å². The summed E-state index contributed by atoms with van der Waals surface area (Å²) < 4.78 is 8.87. The van der Waals surface area contributed by atoms with Gasteiger partial charge in [0.1, 0.15) is 5.60 Å². The molecule has 8 nitrogen and oxygen atoms in total. The second-order valence-electron chi connectivity index (χ2n) is 8.55. The Morgan fingerprint density at radius 2 is 1.58 bits per heavy atom. The fraction of sp³-hybridized carbons (Fsp3) is 0.348. The number of nitrogens with one attached hydrogen (secondary N) is 3. The standard InChI is InChI=1S/C14H18BrN3O2.C9H10BrN3/c1-8-6-9(15)7-10-11(8)17-12(16-5)18(10)13(19)20-14(2,3)4;1-5-3-6(10)4-7-8(5)13-9(11-2)12-7/h6-7H,1-5H3,(H,16,17);3-4H,1-2H3,(H2,11,12,13). The topological polar surface area (TPSA) is 96.9 Å². The second kappa shape index (κ2) is 9.72. The fourth-order valence-electron chi connectivity index (χ4n) is 3.33. The number of rotatable bonds is 2. The van der Waals surface area contributed by atoms with Gasteiger partial charge in [-0.2, -0.15) is 0 Å². The minimum Gasteiger partial charge on any atom is -0.443 e. The molecule has 176 valence electrons. The maximum absolute atomic E-state index is 12.4. The molecule has 0 fully saturated rings. The first-order valence-corrected chi connectivity index (χ1v) is 12.0. The van der Waals surface area contributed by atoms with Crippen LogP contribution in [0, 0.1) is 13.8 Å². The molecule has 4 aromatic rings. The average molecular weight is 580 g/mol. The highest BCUT2D eigenvalue weighted by atomic mass is 79.9. The van der Waals surface area contributed by atoms with E-state index in [2.05, 4.69) is 63.5 Å². The Hall–Kier alpha value is -2.59. The minimum atomic E-state index is -0.556. The molecule has 0 spiro atoms. The van der Waals surface area contributed by atoms with E-state index in [-0.39, 0.29) is 0 Å². The summed E-state index contributed by atoms with van der Waals surface area (Å²) in [5, 5.41) is 5.92. The van der Waals surface area contributed by atoms with E-state index in [9.17, 15) is 4.79 Å². The quantitative estimate of drug-likeness (QED) is 0.247. The Morgan fingerprint density at radius 3 is 2.15 bits per heavy atom. The van der Waals surface area contributed by atoms with Gasteiger partial charge >= 0.3 is 6.09 Å². The van der Waals surface area contributed by atoms with Crippen molar-refractivity contribution in [1.29, 1.82) is 0 Å². The number of benzene rings is 2. The van der Waals surface area contributed by atoms with Crippen LogP contribution in [0.2, 0.25) is 0 Å². The number of hydrogen-bond donors (Lipinski definition) is 3. The number of ether oxygens (including phenoxy) is 1. The van der Waals surface area contributed by atoms with E-state index in [1.54, 1.807) is 7.05 Å². The number of aryl methyl sites for hydroxylation is 2. The normalized spacial score (nSPS) is 11.3. The average Bonchev–Trinajstić information content (AvgIpc) is 3.28.